The van der Waals surface area contributed by atoms with E-state index in [1.807, 2.05) is 70.1 Å². The average Bonchev–Trinajstić information content (AvgIpc) is 1.04. The van der Waals surface area contributed by atoms with Gasteiger partial charge < -0.3 is 57.5 Å². The quantitative estimate of drug-likeness (QED) is 0.0274. The molecule has 0 aromatic rings. The molecular formula is C73H92N8O16. The van der Waals surface area contributed by atoms with Crippen LogP contribution in [0.5, 0.6) is 0 Å². The largest absolute Gasteiger partial charge is 0.465 e. The predicted octanol–water partition coefficient (Wildman–Crippen LogP) is 9.15. The van der Waals surface area contributed by atoms with Crippen molar-refractivity contribution in [2.75, 3.05) is 107 Å². The van der Waals surface area contributed by atoms with E-state index < -0.39 is 124 Å². The molecule has 97 heavy (non-hydrogen) atoms. The number of allylic oxidation sites excluding steroid dienone is 11. The third kappa shape index (κ3) is 16.5. The van der Waals surface area contributed by atoms with Gasteiger partial charge in [-0.2, -0.15) is 15.8 Å². The van der Waals surface area contributed by atoms with Gasteiger partial charge >= 0.3 is 47.8 Å². The maximum atomic E-state index is 15.4. The van der Waals surface area contributed by atoms with Crippen LogP contribution in [0, 0.1) is 67.6 Å². The Balaban J connectivity index is 1.35. The van der Waals surface area contributed by atoms with E-state index in [4.69, 9.17) is 44.5 Å². The SMILES string of the molecule is [C-]#[N+]C1=C(N2CCCC2)CC(C)(C)C/C1=C(/C(=O)OC)C(=O)OCC(COC(=O)/C(C(=O)OC)=C1/CC(C)(C)CC(N2CCCC2)=C1C#N)(COC(=O)/C(C(=O)OC)=C1\CC(C)(C)CC(N2CCCC2)=C1C#N)COC(=O)/C(C(=O)OC)=C1\CC(C)(C)CC(N2CCCC2)=C1C#N. The number of nitriles is 3. The first-order valence-corrected chi connectivity index (χ1v) is 33.4. The van der Waals surface area contributed by atoms with Gasteiger partial charge in [-0.05, 0) is 147 Å². The van der Waals surface area contributed by atoms with Gasteiger partial charge in [-0.15, -0.1) is 0 Å². The monoisotopic (exact) mass is 1340 g/mol. The molecule has 0 radical (unpaired) electrons. The summed E-state index contributed by atoms with van der Waals surface area (Å²) < 4.78 is 45.9. The van der Waals surface area contributed by atoms with Crippen LogP contribution in [0.25, 0.3) is 4.85 Å². The molecular weight excluding hydrogens is 1240 g/mol. The molecule has 24 heteroatoms. The number of rotatable bonds is 20. The van der Waals surface area contributed by atoms with Gasteiger partial charge in [0, 0.05) is 75.1 Å². The summed E-state index contributed by atoms with van der Waals surface area (Å²) in [5.74, 6) is -10.3. The number of carbonyl (C=O) groups is 8. The maximum absolute atomic E-state index is 15.4. The molecule has 0 saturated carbocycles. The first-order chi connectivity index (χ1) is 45.9. The van der Waals surface area contributed by atoms with Gasteiger partial charge in [0.05, 0.1) is 51.7 Å². The topological polar surface area (TPSA) is 299 Å². The van der Waals surface area contributed by atoms with Gasteiger partial charge in [-0.3, -0.25) is 0 Å². The van der Waals surface area contributed by atoms with Crippen molar-refractivity contribution < 1.29 is 76.3 Å². The first-order valence-electron chi connectivity index (χ1n) is 33.4. The highest BCUT2D eigenvalue weighted by molar-refractivity contribution is 6.17. The van der Waals surface area contributed by atoms with Gasteiger partial charge in [0.1, 0.15) is 72.3 Å². The van der Waals surface area contributed by atoms with Gasteiger partial charge in [-0.1, -0.05) is 55.4 Å². The molecule has 0 N–H and O–H groups in total. The molecule has 0 spiro atoms. The number of hydrogen-bond acceptors (Lipinski definition) is 23. The van der Waals surface area contributed by atoms with E-state index in [9.17, 15) is 35.0 Å². The highest BCUT2D eigenvalue weighted by Gasteiger charge is 2.48. The second-order valence-electron chi connectivity index (χ2n) is 29.7. The van der Waals surface area contributed by atoms with Gasteiger partial charge in [0.25, 0.3) is 0 Å². The van der Waals surface area contributed by atoms with Crippen molar-refractivity contribution in [3.8, 4) is 18.2 Å². The zero-order valence-electron chi connectivity index (χ0n) is 58.4. The molecule has 4 saturated heterocycles. The average molecular weight is 1340 g/mol. The Labute approximate surface area is 568 Å². The molecule has 8 rings (SSSR count). The minimum absolute atomic E-state index is 0.00732. The van der Waals surface area contributed by atoms with Gasteiger partial charge in [0.15, 0.2) is 0 Å². The second-order valence-corrected chi connectivity index (χ2v) is 29.7. The smallest absolute Gasteiger partial charge is 0.345 e. The minimum atomic E-state index is -2.43. The van der Waals surface area contributed by atoms with Crippen molar-refractivity contribution in [2.24, 2.45) is 27.1 Å². The summed E-state index contributed by atoms with van der Waals surface area (Å²) in [7, 11) is 4.16. The number of ether oxygens (including phenoxy) is 8. The number of esters is 8. The van der Waals surface area contributed by atoms with Crippen molar-refractivity contribution in [3.63, 3.8) is 0 Å². The zero-order valence-corrected chi connectivity index (χ0v) is 58.4. The third-order valence-corrected chi connectivity index (χ3v) is 19.6. The van der Waals surface area contributed by atoms with Crippen LogP contribution in [0.15, 0.2) is 89.8 Å². The lowest BCUT2D eigenvalue weighted by atomic mass is 9.72. The van der Waals surface area contributed by atoms with Crippen molar-refractivity contribution >= 4 is 47.8 Å². The lowest BCUT2D eigenvalue weighted by Gasteiger charge is -2.38. The Morgan fingerprint density at radius 2 is 0.588 bits per heavy atom. The van der Waals surface area contributed by atoms with Crippen LogP contribution < -0.4 is 0 Å². The van der Waals surface area contributed by atoms with Crippen LogP contribution in [-0.2, 0) is 76.3 Å². The molecule has 520 valence electrons. The van der Waals surface area contributed by atoms with Gasteiger partial charge in [0.2, 0.25) is 5.70 Å². The Morgan fingerprint density at radius 1 is 0.371 bits per heavy atom. The number of nitrogens with zero attached hydrogens (tertiary/aromatic N) is 8. The summed E-state index contributed by atoms with van der Waals surface area (Å²) in [5.41, 5.74) is -5.05. The van der Waals surface area contributed by atoms with E-state index in [2.05, 4.69) is 28.0 Å². The number of hydrogen-bond donors (Lipinski definition) is 0. The van der Waals surface area contributed by atoms with E-state index in [0.717, 1.165) is 79.8 Å². The van der Waals surface area contributed by atoms with Crippen LogP contribution in [0.1, 0.15) is 158 Å². The summed E-state index contributed by atoms with van der Waals surface area (Å²) in [4.78, 5) is 131. The normalized spacial score (nSPS) is 22.7. The molecule has 4 aliphatic carbocycles. The molecule has 4 heterocycles. The summed E-state index contributed by atoms with van der Waals surface area (Å²) in [5, 5.41) is 32.9. The van der Waals surface area contributed by atoms with E-state index in [-0.39, 0.29) is 70.4 Å². The molecule has 0 bridgehead atoms. The Kier molecular flexibility index (Phi) is 23.2. The van der Waals surface area contributed by atoms with E-state index in [1.165, 1.54) is 0 Å². The lowest BCUT2D eigenvalue weighted by Crippen LogP contribution is -2.45. The number of methoxy groups -OCH3 is 4. The molecule has 24 nitrogen and oxygen atoms in total. The lowest BCUT2D eigenvalue weighted by molar-refractivity contribution is -0.166. The summed E-state index contributed by atoms with van der Waals surface area (Å²) >= 11 is 0. The van der Waals surface area contributed by atoms with Gasteiger partial charge in [-0.25, -0.2) is 43.2 Å². The fourth-order valence-electron chi connectivity index (χ4n) is 14.9. The van der Waals surface area contributed by atoms with E-state index >= 15 is 19.2 Å². The molecule has 0 atom stereocenters. The second kappa shape index (κ2) is 30.5. The van der Waals surface area contributed by atoms with Crippen molar-refractivity contribution in [2.45, 2.75) is 158 Å². The van der Waals surface area contributed by atoms with Crippen molar-refractivity contribution in [1.29, 1.82) is 15.8 Å². The molecule has 0 aromatic carbocycles. The minimum Gasteiger partial charge on any atom is -0.465 e. The molecule has 4 aliphatic heterocycles. The number of carbonyl (C=O) groups excluding carboxylic acids is 8. The Bertz CT molecular complexity index is 3200. The van der Waals surface area contributed by atoms with Crippen LogP contribution in [0.4, 0.5) is 0 Å². The van der Waals surface area contributed by atoms with Crippen LogP contribution >= 0.6 is 0 Å². The maximum Gasteiger partial charge on any atom is 0.345 e. The van der Waals surface area contributed by atoms with Crippen LogP contribution in [0.2, 0.25) is 0 Å². The van der Waals surface area contributed by atoms with E-state index in [0.29, 0.717) is 101 Å². The Hall–Kier alpha value is -9.16. The summed E-state index contributed by atoms with van der Waals surface area (Å²) in [6, 6.07) is 6.72. The summed E-state index contributed by atoms with van der Waals surface area (Å²) in [6.45, 7) is 24.2. The molecule has 0 amide bonds. The third-order valence-electron chi connectivity index (χ3n) is 19.6. The Morgan fingerprint density at radius 3 is 0.814 bits per heavy atom. The zero-order chi connectivity index (χ0) is 71.0. The van der Waals surface area contributed by atoms with Crippen molar-refractivity contribution in [3.05, 3.63) is 101 Å². The highest BCUT2D eigenvalue weighted by atomic mass is 16.6. The molecule has 0 aromatic heterocycles. The predicted molar refractivity (Wildman–Crippen MR) is 349 cm³/mol. The summed E-state index contributed by atoms with van der Waals surface area (Å²) in [6.07, 6.45) is 8.40. The highest BCUT2D eigenvalue weighted by Crippen LogP contribution is 2.50. The molecule has 8 aliphatic rings. The fourth-order valence-corrected chi connectivity index (χ4v) is 14.9. The first kappa shape index (κ1) is 73.6. The fraction of sp³-hybridized carbons (Fsp3) is 0.616. The van der Waals surface area contributed by atoms with E-state index in [1.54, 1.807) is 0 Å². The van der Waals surface area contributed by atoms with Crippen molar-refractivity contribution in [1.82, 2.24) is 19.6 Å². The van der Waals surface area contributed by atoms with Crippen LogP contribution in [0.3, 0.4) is 0 Å². The van der Waals surface area contributed by atoms with Crippen LogP contribution in [-0.4, -0.2) is 175 Å². The molecule has 0 unspecified atom stereocenters. The molecule has 4 fully saturated rings. The number of likely N-dealkylation sites (tertiary alicyclic amines) is 4. The standard InChI is InChI=1S/C73H92N8O16/c1-69(2)30-45(49(38-74)52(34-69)78-22-14-15-23-78)56(61(82)90-10)65(86)94-41-73(42-95-66(87)57(62(83)91-11)46-31-70(3,4)35-53(50(46)39-75)79-24-16-17-25-79,43-96-67(88)58(63(84)92-12)47-32-71(5,6)36-54(51(47)40-76)80-26-18-19-27-80)44-97-68(89)59(64(85)93-13)48-33-72(7,8)37-55(60(48)77-9)81-28-20-21-29-81/h14-37,41-44H2,1-8,10-13H3/b56-45-,57-46+,58-47+,59-48+.